The summed E-state index contributed by atoms with van der Waals surface area (Å²) in [6, 6.07) is 0.390. The Balaban J connectivity index is 0.00000169. The third-order valence-electron chi connectivity index (χ3n) is 2.65. The van der Waals surface area contributed by atoms with Crippen LogP contribution in [0.4, 0.5) is 0 Å². The zero-order valence-electron chi connectivity index (χ0n) is 8.53. The molecule has 1 fully saturated rings. The normalized spacial score (nSPS) is 25.1. The molecule has 14 heavy (non-hydrogen) atoms. The van der Waals surface area contributed by atoms with Crippen molar-refractivity contribution in [3.05, 3.63) is 0 Å². The topological polar surface area (TPSA) is 49.3 Å². The van der Waals surface area contributed by atoms with Crippen LogP contribution >= 0.6 is 24.2 Å². The van der Waals surface area contributed by atoms with Gasteiger partial charge in [-0.05, 0) is 25.6 Å². The van der Waals surface area contributed by atoms with Crippen molar-refractivity contribution < 1.29 is 9.90 Å². The zero-order valence-corrected chi connectivity index (χ0v) is 10.2. The molecule has 1 heterocycles. The number of carbonyl (C=O) groups is 1. The van der Waals surface area contributed by atoms with Crippen LogP contribution in [0.1, 0.15) is 19.8 Å². The number of carboxylic acids is 1. The Morgan fingerprint density at radius 3 is 2.64 bits per heavy atom. The molecular weight excluding hydrogens is 222 g/mol. The van der Waals surface area contributed by atoms with Crippen molar-refractivity contribution in [2.24, 2.45) is 5.92 Å². The van der Waals surface area contributed by atoms with E-state index in [-0.39, 0.29) is 23.6 Å². The van der Waals surface area contributed by atoms with Gasteiger partial charge < -0.3 is 10.4 Å². The van der Waals surface area contributed by atoms with Crippen LogP contribution in [0.2, 0.25) is 0 Å². The van der Waals surface area contributed by atoms with Crippen molar-refractivity contribution in [2.75, 3.05) is 12.8 Å². The SMILES string of the molecule is CS[C@@H]([C@@H]1CCCN1)[C@H](C)C(=O)O.Cl. The first-order valence-electron chi connectivity index (χ1n) is 4.65. The highest BCUT2D eigenvalue weighted by molar-refractivity contribution is 7.99. The molecule has 1 rings (SSSR count). The van der Waals surface area contributed by atoms with Crippen LogP contribution in [0.5, 0.6) is 0 Å². The van der Waals surface area contributed by atoms with E-state index in [1.807, 2.05) is 6.26 Å². The Kier molecular flexibility index (Phi) is 6.57. The summed E-state index contributed by atoms with van der Waals surface area (Å²) >= 11 is 1.66. The van der Waals surface area contributed by atoms with E-state index in [1.165, 1.54) is 6.42 Å². The fourth-order valence-electron chi connectivity index (χ4n) is 1.85. The summed E-state index contributed by atoms with van der Waals surface area (Å²) in [5, 5.41) is 12.5. The van der Waals surface area contributed by atoms with E-state index in [2.05, 4.69) is 5.32 Å². The van der Waals surface area contributed by atoms with E-state index in [4.69, 9.17) is 5.11 Å². The minimum Gasteiger partial charge on any atom is -0.481 e. The molecule has 0 aromatic heterocycles. The van der Waals surface area contributed by atoms with Gasteiger partial charge in [-0.3, -0.25) is 4.79 Å². The second-order valence-corrected chi connectivity index (χ2v) is 4.55. The van der Waals surface area contributed by atoms with Gasteiger partial charge >= 0.3 is 5.97 Å². The molecule has 2 N–H and O–H groups in total. The molecule has 0 aliphatic carbocycles. The molecule has 0 unspecified atom stereocenters. The fourth-order valence-corrected chi connectivity index (χ4v) is 2.93. The molecule has 3 atom stereocenters. The summed E-state index contributed by atoms with van der Waals surface area (Å²) in [6.45, 7) is 2.83. The average molecular weight is 240 g/mol. The van der Waals surface area contributed by atoms with Gasteiger partial charge in [0.05, 0.1) is 5.92 Å². The Labute approximate surface area is 95.4 Å². The van der Waals surface area contributed by atoms with Gasteiger partial charge in [-0.1, -0.05) is 6.92 Å². The summed E-state index contributed by atoms with van der Waals surface area (Å²) in [5.74, 6) is -0.946. The number of thioether (sulfide) groups is 1. The number of hydrogen-bond acceptors (Lipinski definition) is 3. The number of aliphatic carboxylic acids is 1. The van der Waals surface area contributed by atoms with Gasteiger partial charge in [0, 0.05) is 11.3 Å². The van der Waals surface area contributed by atoms with Crippen molar-refractivity contribution in [2.45, 2.75) is 31.1 Å². The van der Waals surface area contributed by atoms with Crippen LogP contribution in [-0.4, -0.2) is 35.2 Å². The highest BCUT2D eigenvalue weighted by Crippen LogP contribution is 2.25. The molecule has 1 aliphatic rings. The molecular formula is C9H18ClNO2S. The molecule has 0 bridgehead atoms. The van der Waals surface area contributed by atoms with Crippen LogP contribution in [0.25, 0.3) is 0 Å². The maximum atomic E-state index is 10.8. The maximum absolute atomic E-state index is 10.8. The molecule has 0 spiro atoms. The van der Waals surface area contributed by atoms with Crippen LogP contribution < -0.4 is 5.32 Å². The molecule has 1 saturated heterocycles. The van der Waals surface area contributed by atoms with E-state index in [1.54, 1.807) is 18.7 Å². The van der Waals surface area contributed by atoms with Crippen molar-refractivity contribution >= 4 is 30.1 Å². The van der Waals surface area contributed by atoms with Gasteiger partial charge in [0.2, 0.25) is 0 Å². The molecule has 0 saturated carbocycles. The van der Waals surface area contributed by atoms with E-state index in [0.717, 1.165) is 13.0 Å². The summed E-state index contributed by atoms with van der Waals surface area (Å²) in [6.07, 6.45) is 4.28. The van der Waals surface area contributed by atoms with Crippen LogP contribution in [0, 0.1) is 5.92 Å². The minimum atomic E-state index is -0.687. The van der Waals surface area contributed by atoms with Crippen molar-refractivity contribution in [1.82, 2.24) is 5.32 Å². The monoisotopic (exact) mass is 239 g/mol. The first kappa shape index (κ1) is 14.1. The molecule has 0 radical (unpaired) electrons. The molecule has 1 aliphatic heterocycles. The van der Waals surface area contributed by atoms with E-state index >= 15 is 0 Å². The van der Waals surface area contributed by atoms with E-state index in [0.29, 0.717) is 6.04 Å². The number of rotatable bonds is 4. The second kappa shape index (κ2) is 6.53. The molecule has 5 heteroatoms. The van der Waals surface area contributed by atoms with Gasteiger partial charge in [-0.2, -0.15) is 11.8 Å². The average Bonchev–Trinajstić information content (AvgIpc) is 2.58. The third-order valence-corrected chi connectivity index (χ3v) is 3.93. The fraction of sp³-hybridized carbons (Fsp3) is 0.889. The number of carboxylic acid groups (broad SMARTS) is 1. The summed E-state index contributed by atoms with van der Waals surface area (Å²) in [5.41, 5.74) is 0. The first-order valence-corrected chi connectivity index (χ1v) is 5.94. The van der Waals surface area contributed by atoms with Crippen LogP contribution in [-0.2, 0) is 4.79 Å². The molecule has 0 aromatic carbocycles. The molecule has 3 nitrogen and oxygen atoms in total. The lowest BCUT2D eigenvalue weighted by Crippen LogP contribution is -2.39. The predicted molar refractivity (Wildman–Crippen MR) is 62.4 cm³/mol. The van der Waals surface area contributed by atoms with E-state index in [9.17, 15) is 4.79 Å². The smallest absolute Gasteiger partial charge is 0.307 e. The minimum absolute atomic E-state index is 0. The van der Waals surface area contributed by atoms with Gasteiger partial charge in [0.15, 0.2) is 0 Å². The molecule has 0 amide bonds. The molecule has 84 valence electrons. The summed E-state index contributed by atoms with van der Waals surface area (Å²) in [7, 11) is 0. The highest BCUT2D eigenvalue weighted by Gasteiger charge is 2.31. The Hall–Kier alpha value is 0.0700. The lowest BCUT2D eigenvalue weighted by Gasteiger charge is -2.25. The van der Waals surface area contributed by atoms with Crippen LogP contribution in [0.3, 0.4) is 0 Å². The molecule has 0 aromatic rings. The predicted octanol–water partition coefficient (Wildman–Crippen LogP) is 1.61. The Morgan fingerprint density at radius 2 is 2.29 bits per heavy atom. The van der Waals surface area contributed by atoms with Gasteiger partial charge in [0.25, 0.3) is 0 Å². The number of halogens is 1. The Morgan fingerprint density at radius 1 is 1.64 bits per heavy atom. The summed E-state index contributed by atoms with van der Waals surface area (Å²) < 4.78 is 0. The lowest BCUT2D eigenvalue weighted by molar-refractivity contribution is -0.141. The summed E-state index contributed by atoms with van der Waals surface area (Å²) in [4.78, 5) is 10.8. The third kappa shape index (κ3) is 3.33. The lowest BCUT2D eigenvalue weighted by atomic mass is 10.00. The van der Waals surface area contributed by atoms with Gasteiger partial charge in [-0.15, -0.1) is 12.4 Å². The van der Waals surface area contributed by atoms with Crippen molar-refractivity contribution in [1.29, 1.82) is 0 Å². The van der Waals surface area contributed by atoms with Crippen molar-refractivity contribution in [3.63, 3.8) is 0 Å². The van der Waals surface area contributed by atoms with Crippen molar-refractivity contribution in [3.8, 4) is 0 Å². The standard InChI is InChI=1S/C9H17NO2S.ClH/c1-6(9(11)12)8(13-2)7-4-3-5-10-7;/h6-8,10H,3-5H2,1-2H3,(H,11,12);1H/t6-,7-,8+;/m0./s1. The highest BCUT2D eigenvalue weighted by atomic mass is 35.5. The van der Waals surface area contributed by atoms with Gasteiger partial charge in [-0.25, -0.2) is 0 Å². The maximum Gasteiger partial charge on any atom is 0.307 e. The first-order chi connectivity index (χ1) is 6.16. The zero-order chi connectivity index (χ0) is 9.84. The largest absolute Gasteiger partial charge is 0.481 e. The second-order valence-electron chi connectivity index (χ2n) is 3.53. The van der Waals surface area contributed by atoms with Gasteiger partial charge in [0.1, 0.15) is 0 Å². The quantitative estimate of drug-likeness (QED) is 0.783. The van der Waals surface area contributed by atoms with Crippen LogP contribution in [0.15, 0.2) is 0 Å². The van der Waals surface area contributed by atoms with E-state index < -0.39 is 5.97 Å². The Bertz CT molecular complexity index is 186. The number of hydrogen-bond donors (Lipinski definition) is 2. The number of nitrogens with one attached hydrogen (secondary N) is 1.